The van der Waals surface area contributed by atoms with Crippen LogP contribution < -0.4 is 14.8 Å². The molecule has 20 heavy (non-hydrogen) atoms. The number of anilines is 1. The second-order valence-corrected chi connectivity index (χ2v) is 7.09. The van der Waals surface area contributed by atoms with E-state index in [0.29, 0.717) is 24.4 Å². The Bertz CT molecular complexity index is 539. The van der Waals surface area contributed by atoms with Gasteiger partial charge in [0.15, 0.2) is 0 Å². The van der Waals surface area contributed by atoms with E-state index in [2.05, 4.69) is 10.0 Å². The van der Waals surface area contributed by atoms with Crippen LogP contribution in [0, 0.1) is 0 Å². The van der Waals surface area contributed by atoms with Crippen molar-refractivity contribution < 1.29 is 13.2 Å². The molecule has 0 saturated carbocycles. The van der Waals surface area contributed by atoms with Crippen molar-refractivity contribution in [1.82, 2.24) is 5.32 Å². The molecule has 1 heterocycles. The average Bonchev–Trinajstić information content (AvgIpc) is 2.93. The molecule has 1 aliphatic rings. The fraction of sp³-hybridized carbons (Fsp3) is 0.571. The van der Waals surface area contributed by atoms with E-state index in [1.807, 2.05) is 19.9 Å². The van der Waals surface area contributed by atoms with Gasteiger partial charge in [-0.3, -0.25) is 4.72 Å². The molecule has 112 valence electrons. The van der Waals surface area contributed by atoms with Gasteiger partial charge in [-0.05, 0) is 38.4 Å². The lowest BCUT2D eigenvalue weighted by atomic mass is 10.3. The zero-order chi connectivity index (χ0) is 14.6. The van der Waals surface area contributed by atoms with Gasteiger partial charge in [-0.2, -0.15) is 0 Å². The van der Waals surface area contributed by atoms with E-state index in [1.165, 1.54) is 0 Å². The lowest BCUT2D eigenvalue weighted by Gasteiger charge is -2.15. The van der Waals surface area contributed by atoms with Crippen LogP contribution in [0.2, 0.25) is 0 Å². The summed E-state index contributed by atoms with van der Waals surface area (Å²) < 4.78 is 32.7. The zero-order valence-electron chi connectivity index (χ0n) is 11.9. The van der Waals surface area contributed by atoms with Crippen LogP contribution in [0.1, 0.15) is 26.7 Å². The maximum atomic E-state index is 12.2. The molecular formula is C14H22N2O3S. The van der Waals surface area contributed by atoms with E-state index in [1.54, 1.807) is 18.2 Å². The summed E-state index contributed by atoms with van der Waals surface area (Å²) in [7, 11) is -3.33. The molecule has 1 aromatic carbocycles. The van der Waals surface area contributed by atoms with Crippen LogP contribution in [-0.4, -0.2) is 32.9 Å². The van der Waals surface area contributed by atoms with Crippen LogP contribution >= 0.6 is 0 Å². The maximum absolute atomic E-state index is 12.2. The molecule has 0 radical (unpaired) electrons. The minimum atomic E-state index is -3.33. The van der Waals surface area contributed by atoms with Crippen molar-refractivity contribution in [3.05, 3.63) is 24.3 Å². The summed E-state index contributed by atoms with van der Waals surface area (Å²) in [5.74, 6) is 0.684. The molecule has 1 fully saturated rings. The second-order valence-electron chi connectivity index (χ2n) is 5.13. The highest BCUT2D eigenvalue weighted by Gasteiger charge is 2.28. The molecular weight excluding hydrogens is 276 g/mol. The SMILES string of the molecule is CCC(C)Oc1cccc(NS(=O)(=O)C2CCNC2)c1. The van der Waals surface area contributed by atoms with E-state index < -0.39 is 10.0 Å². The predicted molar refractivity (Wildman–Crippen MR) is 80.6 cm³/mol. The van der Waals surface area contributed by atoms with E-state index in [-0.39, 0.29) is 11.4 Å². The fourth-order valence-electron chi connectivity index (χ4n) is 2.09. The van der Waals surface area contributed by atoms with Gasteiger partial charge in [-0.25, -0.2) is 8.42 Å². The van der Waals surface area contributed by atoms with Crippen LogP contribution in [0.4, 0.5) is 5.69 Å². The van der Waals surface area contributed by atoms with E-state index in [0.717, 1.165) is 13.0 Å². The van der Waals surface area contributed by atoms with Gasteiger partial charge in [-0.1, -0.05) is 13.0 Å². The van der Waals surface area contributed by atoms with Gasteiger partial charge >= 0.3 is 0 Å². The number of sulfonamides is 1. The molecule has 1 aliphatic heterocycles. The first kappa shape index (κ1) is 15.1. The van der Waals surface area contributed by atoms with Gasteiger partial charge in [-0.15, -0.1) is 0 Å². The molecule has 2 unspecified atom stereocenters. The van der Waals surface area contributed by atoms with Crippen molar-refractivity contribution in [2.75, 3.05) is 17.8 Å². The molecule has 2 atom stereocenters. The Kier molecular flexibility index (Phi) is 4.88. The number of benzene rings is 1. The number of hydrogen-bond acceptors (Lipinski definition) is 4. The monoisotopic (exact) mass is 298 g/mol. The molecule has 5 nitrogen and oxygen atoms in total. The summed E-state index contributed by atoms with van der Waals surface area (Å²) >= 11 is 0. The normalized spacial score (nSPS) is 20.6. The van der Waals surface area contributed by atoms with Gasteiger partial charge in [0.1, 0.15) is 5.75 Å². The number of rotatable bonds is 6. The Morgan fingerprint density at radius 1 is 1.50 bits per heavy atom. The lowest BCUT2D eigenvalue weighted by Crippen LogP contribution is -2.29. The van der Waals surface area contributed by atoms with Gasteiger partial charge in [0.25, 0.3) is 0 Å². The summed E-state index contributed by atoms with van der Waals surface area (Å²) in [5.41, 5.74) is 0.553. The second kappa shape index (κ2) is 6.45. The minimum Gasteiger partial charge on any atom is -0.491 e. The quantitative estimate of drug-likeness (QED) is 0.842. The molecule has 1 saturated heterocycles. The van der Waals surface area contributed by atoms with Crippen LogP contribution in [0.3, 0.4) is 0 Å². The summed E-state index contributed by atoms with van der Waals surface area (Å²) in [5, 5.41) is 2.71. The van der Waals surface area contributed by atoms with Crippen molar-refractivity contribution in [2.24, 2.45) is 0 Å². The van der Waals surface area contributed by atoms with E-state index >= 15 is 0 Å². The van der Waals surface area contributed by atoms with E-state index in [9.17, 15) is 8.42 Å². The molecule has 0 aliphatic carbocycles. The Balaban J connectivity index is 2.07. The molecule has 0 bridgehead atoms. The molecule has 2 N–H and O–H groups in total. The summed E-state index contributed by atoms with van der Waals surface area (Å²) in [4.78, 5) is 0. The molecule has 1 aromatic rings. The first-order valence-corrected chi connectivity index (χ1v) is 8.55. The van der Waals surface area contributed by atoms with Crippen LogP contribution in [0.25, 0.3) is 0 Å². The molecule has 2 rings (SSSR count). The van der Waals surface area contributed by atoms with Gasteiger partial charge < -0.3 is 10.1 Å². The topological polar surface area (TPSA) is 67.4 Å². The highest BCUT2D eigenvalue weighted by atomic mass is 32.2. The number of nitrogens with one attached hydrogen (secondary N) is 2. The van der Waals surface area contributed by atoms with Crippen LogP contribution in [0.15, 0.2) is 24.3 Å². The third-order valence-electron chi connectivity index (χ3n) is 3.46. The third-order valence-corrected chi connectivity index (χ3v) is 5.26. The first-order chi connectivity index (χ1) is 9.51. The Hall–Kier alpha value is -1.27. The van der Waals surface area contributed by atoms with Gasteiger partial charge in [0.2, 0.25) is 10.0 Å². The standard InChI is InChI=1S/C14H22N2O3S/c1-3-11(2)19-13-6-4-5-12(9-13)16-20(17,18)14-7-8-15-10-14/h4-6,9,11,14-16H,3,7-8,10H2,1-2H3. The highest BCUT2D eigenvalue weighted by Crippen LogP contribution is 2.22. The molecule has 0 aromatic heterocycles. The van der Waals surface area contributed by atoms with Crippen molar-refractivity contribution in [2.45, 2.75) is 38.0 Å². The Morgan fingerprint density at radius 3 is 2.95 bits per heavy atom. The van der Waals surface area contributed by atoms with Crippen molar-refractivity contribution >= 4 is 15.7 Å². The number of ether oxygens (including phenoxy) is 1. The average molecular weight is 298 g/mol. The fourth-order valence-corrected chi connectivity index (χ4v) is 3.48. The first-order valence-electron chi connectivity index (χ1n) is 7.00. The highest BCUT2D eigenvalue weighted by molar-refractivity contribution is 7.93. The Labute approximate surface area is 120 Å². The summed E-state index contributed by atoms with van der Waals surface area (Å²) in [6.07, 6.45) is 1.67. The summed E-state index contributed by atoms with van der Waals surface area (Å²) in [6.45, 7) is 5.30. The Morgan fingerprint density at radius 2 is 2.30 bits per heavy atom. The summed E-state index contributed by atoms with van der Waals surface area (Å²) in [6, 6.07) is 7.10. The molecule has 0 spiro atoms. The van der Waals surface area contributed by atoms with Gasteiger partial charge in [0, 0.05) is 12.6 Å². The van der Waals surface area contributed by atoms with Crippen molar-refractivity contribution in [3.8, 4) is 5.75 Å². The van der Waals surface area contributed by atoms with Crippen LogP contribution in [-0.2, 0) is 10.0 Å². The molecule has 6 heteroatoms. The smallest absolute Gasteiger partial charge is 0.236 e. The van der Waals surface area contributed by atoms with Gasteiger partial charge in [0.05, 0.1) is 17.0 Å². The molecule has 0 amide bonds. The zero-order valence-corrected chi connectivity index (χ0v) is 12.7. The number of hydrogen-bond donors (Lipinski definition) is 2. The van der Waals surface area contributed by atoms with Crippen LogP contribution in [0.5, 0.6) is 5.75 Å². The van der Waals surface area contributed by atoms with E-state index in [4.69, 9.17) is 4.74 Å². The third kappa shape index (κ3) is 3.86. The minimum absolute atomic E-state index is 0.112. The van der Waals surface area contributed by atoms with Crippen molar-refractivity contribution in [3.63, 3.8) is 0 Å². The largest absolute Gasteiger partial charge is 0.491 e. The maximum Gasteiger partial charge on any atom is 0.236 e. The predicted octanol–water partition coefficient (Wildman–Crippen LogP) is 1.97. The lowest BCUT2D eigenvalue weighted by molar-refractivity contribution is 0.217. The van der Waals surface area contributed by atoms with Crippen molar-refractivity contribution in [1.29, 1.82) is 0 Å².